The zero-order valence-electron chi connectivity index (χ0n) is 25.3. The Morgan fingerprint density at radius 1 is 0.431 bits per heavy atom. The fraction of sp³-hybridized carbons (Fsp3) is 0.231. The lowest BCUT2D eigenvalue weighted by Crippen LogP contribution is -2.38. The van der Waals surface area contributed by atoms with Crippen LogP contribution >= 0.6 is 0 Å². The largest absolute Gasteiger partial charge is 0.412 e. The first-order valence-electron chi connectivity index (χ1n) is 9.06. The fourth-order valence-electron chi connectivity index (χ4n) is 0.937. The Kier molecular flexibility index (Phi) is 184. The quantitative estimate of drug-likeness (QED) is 0.0401. The fourth-order valence-corrected chi connectivity index (χ4v) is 0.937. The molecule has 0 aliphatic carbocycles. The van der Waals surface area contributed by atoms with Gasteiger partial charge in [0.1, 0.15) is 0 Å². The monoisotopic (exact) mass is 778 g/mol. The average Bonchev–Trinajstić information content (AvgIpc) is 3.00. The first-order chi connectivity index (χ1) is 19.1. The van der Waals surface area contributed by atoms with E-state index in [2.05, 4.69) is 91.2 Å². The minimum absolute atomic E-state index is 0. The maximum Gasteiger partial charge on any atom is 0.281 e. The van der Waals surface area contributed by atoms with E-state index in [1.54, 1.807) is 27.7 Å². The van der Waals surface area contributed by atoms with Crippen molar-refractivity contribution < 1.29 is 135 Å². The van der Waals surface area contributed by atoms with Gasteiger partial charge in [0, 0.05) is 27.0 Å². The lowest BCUT2D eigenvalue weighted by atomic mass is 10.0. The summed E-state index contributed by atoms with van der Waals surface area (Å²) in [4.78, 5) is 97.0. The van der Waals surface area contributed by atoms with Crippen molar-refractivity contribution in [2.75, 3.05) is 0 Å². The molecular formula is C26H66O25. The summed E-state index contributed by atoms with van der Waals surface area (Å²) in [6, 6.07) is 0. The van der Waals surface area contributed by atoms with Crippen molar-refractivity contribution in [1.29, 1.82) is 0 Å². The van der Waals surface area contributed by atoms with E-state index in [1.807, 2.05) is 0 Å². The normalized spacial score (nSPS) is 5.06. The molecule has 0 heterocycles. The molecule has 0 aromatic rings. The molecule has 0 spiro atoms. The zero-order chi connectivity index (χ0) is 32.2. The van der Waals surface area contributed by atoms with Gasteiger partial charge in [-0.15, -0.1) is 0 Å². The van der Waals surface area contributed by atoms with Gasteiger partial charge in [-0.05, 0) is 95.2 Å². The second kappa shape index (κ2) is 90.3. The van der Waals surface area contributed by atoms with Gasteiger partial charge in [0.05, 0.1) is 0 Å². The van der Waals surface area contributed by atoms with Crippen LogP contribution in [0.3, 0.4) is 0 Å². The summed E-state index contributed by atoms with van der Waals surface area (Å²) in [5, 5.41) is 26.0. The van der Waals surface area contributed by atoms with Crippen LogP contribution in [0.4, 0.5) is 0 Å². The second-order valence-electron chi connectivity index (χ2n) is 4.57. The number of carbonyl (C=O) groups excluding carboxylic acids is 8. The molecule has 20 N–H and O–H groups in total. The molecule has 0 saturated heterocycles. The predicted molar refractivity (Wildman–Crippen MR) is 199 cm³/mol. The number of aldehydes is 2. The van der Waals surface area contributed by atoms with E-state index in [0.717, 1.165) is 0 Å². The Labute approximate surface area is 307 Å². The highest BCUT2D eigenvalue weighted by Crippen LogP contribution is 1.86. The zero-order valence-corrected chi connectivity index (χ0v) is 25.3. The molecule has 0 aliphatic heterocycles. The van der Waals surface area contributed by atoms with Crippen molar-refractivity contribution in [3.05, 3.63) is 9.93 Å². The van der Waals surface area contributed by atoms with Gasteiger partial charge in [0.25, 0.3) is 34.7 Å². The van der Waals surface area contributed by atoms with E-state index < -0.39 is 47.3 Å². The first-order valence-corrected chi connectivity index (χ1v) is 9.06. The molecule has 0 radical (unpaired) electrons. The van der Waals surface area contributed by atoms with Crippen LogP contribution in [0.5, 0.6) is 0 Å². The molecule has 0 amide bonds. The third-order valence-electron chi connectivity index (χ3n) is 2.24. The SMILES string of the molecule is C.C.CC#CC#CC#CC.CC#CC#CC#CC.O.O.O.O.O.O.O.O.O.O=CC(=O)C(=O)C(=O)C(=O)C(=O)C(=O)C=O.O=O.OOOOOO.[HH].[HH].[HH].[HH].[HH].[HH].[HH].[HH].[HH].[HH].[HH].[HH]. The van der Waals surface area contributed by atoms with Gasteiger partial charge >= 0.3 is 0 Å². The number of ketones is 6. The van der Waals surface area contributed by atoms with E-state index in [-0.39, 0.29) is 81.3 Å². The van der Waals surface area contributed by atoms with E-state index in [4.69, 9.17) is 20.4 Å². The maximum absolute atomic E-state index is 10.7. The molecule has 25 nitrogen and oxygen atoms in total. The standard InChI is InChI=1S/C8H2O8.2C8H6.2CH4.H2O6.O2.9H2O.12H2/c9-1-3(11)5(13)7(15)8(16)6(14)4(12)2-10;2*1-3-5-7-8-6-4-2;;;1-3-5-6-4-2;1-2;;;;;;;;;;;;;;;;;;;;;/h1-2H;2*1-2H3;2*1H4;1-2H;;9*1H2;12*1H. The first kappa shape index (κ1) is 104. The topological polar surface area (TPSA) is 532 Å². The Bertz CT molecular complexity index is 1180. The van der Waals surface area contributed by atoms with Crippen LogP contribution in [0.1, 0.15) is 59.7 Å². The number of hydrogen-bond donors (Lipinski definition) is 2. The average molecular weight is 779 g/mol. The molecule has 0 aliphatic rings. The van der Waals surface area contributed by atoms with Gasteiger partial charge in [-0.25, -0.2) is 10.5 Å². The Balaban J connectivity index is -0.00000000912. The number of hydrogen-bond acceptors (Lipinski definition) is 16. The number of carbonyl (C=O) groups is 8. The summed E-state index contributed by atoms with van der Waals surface area (Å²) in [5.74, 6) is 19.0. The van der Waals surface area contributed by atoms with Crippen LogP contribution in [0.15, 0.2) is 0 Å². The van der Waals surface area contributed by atoms with Crippen LogP contribution < -0.4 is 0 Å². The van der Waals surface area contributed by atoms with E-state index in [9.17, 15) is 38.4 Å². The molecule has 25 heteroatoms. The summed E-state index contributed by atoms with van der Waals surface area (Å²) >= 11 is 0. The van der Waals surface area contributed by atoms with Gasteiger partial charge in [0.2, 0.25) is 0 Å². The van der Waals surface area contributed by atoms with Crippen molar-refractivity contribution in [2.24, 2.45) is 0 Å². The van der Waals surface area contributed by atoms with Gasteiger partial charge in [0.15, 0.2) is 12.6 Å². The van der Waals surface area contributed by atoms with Crippen LogP contribution in [-0.2, 0) is 58.5 Å². The molecule has 0 unspecified atom stereocenters. The molecule has 0 atom stereocenters. The molecule has 0 aromatic heterocycles. The smallest absolute Gasteiger partial charge is 0.281 e. The van der Waals surface area contributed by atoms with Crippen LogP contribution in [-0.4, -0.2) is 107 Å². The minimum Gasteiger partial charge on any atom is -0.412 e. The lowest BCUT2D eigenvalue weighted by Gasteiger charge is -1.91. The highest BCUT2D eigenvalue weighted by molar-refractivity contribution is 6.96. The molecule has 0 fully saturated rings. The van der Waals surface area contributed by atoms with Crippen molar-refractivity contribution >= 4 is 47.3 Å². The Morgan fingerprint density at radius 2 is 0.608 bits per heavy atom. The lowest BCUT2D eigenvalue weighted by molar-refractivity contribution is -0.749. The molecular weight excluding hydrogens is 712 g/mol. The molecule has 320 valence electrons. The molecule has 0 aromatic carbocycles. The highest BCUT2D eigenvalue weighted by atomic mass is 17.8. The van der Waals surface area contributed by atoms with Crippen molar-refractivity contribution in [1.82, 2.24) is 0 Å². The van der Waals surface area contributed by atoms with Crippen LogP contribution in [0.2, 0.25) is 0 Å². The predicted octanol–water partition coefficient (Wildman–Crippen LogP) is -4.52. The summed E-state index contributed by atoms with van der Waals surface area (Å²) in [6.07, 6.45) is -1.06. The minimum atomic E-state index is -2.13. The Hall–Kier alpha value is -6.28. The molecule has 0 saturated carbocycles. The molecule has 0 bridgehead atoms. The molecule has 51 heavy (non-hydrogen) atoms. The van der Waals surface area contributed by atoms with Gasteiger partial charge in [-0.3, -0.25) is 38.4 Å². The summed E-state index contributed by atoms with van der Waals surface area (Å²) in [7, 11) is 0. The highest BCUT2D eigenvalue weighted by Gasteiger charge is 2.35. The van der Waals surface area contributed by atoms with E-state index >= 15 is 0 Å². The molecule has 0 rings (SSSR count). The van der Waals surface area contributed by atoms with E-state index in [0.29, 0.717) is 0 Å². The Morgan fingerprint density at radius 3 is 0.725 bits per heavy atom. The van der Waals surface area contributed by atoms with Crippen molar-refractivity contribution in [2.45, 2.75) is 42.5 Å². The van der Waals surface area contributed by atoms with E-state index in [1.165, 1.54) is 0 Å². The second-order valence-corrected chi connectivity index (χ2v) is 4.57. The van der Waals surface area contributed by atoms with Gasteiger partial charge in [-0.2, -0.15) is 0 Å². The summed E-state index contributed by atoms with van der Waals surface area (Å²) in [6.45, 7) is 6.98. The third-order valence-corrected chi connectivity index (χ3v) is 2.24. The number of rotatable bonds is 10. The van der Waals surface area contributed by atoms with Gasteiger partial charge < -0.3 is 49.3 Å². The summed E-state index contributed by atoms with van der Waals surface area (Å²) in [5.41, 5.74) is 0. The number of Topliss-reactive ketones (excluding diaryl/α,β-unsaturated/α-hetero) is 6. The van der Waals surface area contributed by atoms with Gasteiger partial charge in [-0.1, -0.05) is 38.5 Å². The van der Waals surface area contributed by atoms with Crippen LogP contribution in [0.25, 0.3) is 0 Å². The van der Waals surface area contributed by atoms with Crippen molar-refractivity contribution in [3.63, 3.8) is 0 Å². The maximum atomic E-state index is 10.7. The third kappa shape index (κ3) is 80.6. The van der Waals surface area contributed by atoms with Crippen LogP contribution in [0, 0.1) is 81.0 Å². The summed E-state index contributed by atoms with van der Waals surface area (Å²) < 4.78 is 0. The van der Waals surface area contributed by atoms with Crippen molar-refractivity contribution in [3.8, 4) is 71.0 Å².